The van der Waals surface area contributed by atoms with Crippen LogP contribution in [0.25, 0.3) is 0 Å². The van der Waals surface area contributed by atoms with Crippen LogP contribution < -0.4 is 11.3 Å². The summed E-state index contributed by atoms with van der Waals surface area (Å²) < 4.78 is 15.8. The summed E-state index contributed by atoms with van der Waals surface area (Å²) in [6.45, 7) is 0. The van der Waals surface area contributed by atoms with Gasteiger partial charge in [-0.2, -0.15) is 0 Å². The highest BCUT2D eigenvalue weighted by Crippen LogP contribution is 2.24. The smallest absolute Gasteiger partial charge is 0.131 e. The Morgan fingerprint density at radius 1 is 1.47 bits per heavy atom. The van der Waals surface area contributed by atoms with Crippen LogP contribution in [0.3, 0.4) is 0 Å². The molecule has 0 saturated heterocycles. The van der Waals surface area contributed by atoms with E-state index < -0.39 is 0 Å². The number of rotatable bonds is 3. The largest absolute Gasteiger partial charge is 0.336 e. The highest BCUT2D eigenvalue weighted by atomic mass is 79.9. The zero-order valence-electron chi connectivity index (χ0n) is 9.19. The minimum atomic E-state index is -0.345. The molecule has 0 bridgehead atoms. The molecule has 17 heavy (non-hydrogen) atoms. The van der Waals surface area contributed by atoms with E-state index in [-0.39, 0.29) is 11.9 Å². The third-order valence-electron chi connectivity index (χ3n) is 2.50. The van der Waals surface area contributed by atoms with Crippen molar-refractivity contribution in [3.63, 3.8) is 0 Å². The van der Waals surface area contributed by atoms with Crippen LogP contribution in [0, 0.1) is 5.82 Å². The number of nitrogens with zero attached hydrogens (tertiary/aromatic N) is 2. The minimum absolute atomic E-state index is 0.316. The molecule has 1 unspecified atom stereocenters. The van der Waals surface area contributed by atoms with Gasteiger partial charge in [-0.15, -0.1) is 0 Å². The summed E-state index contributed by atoms with van der Waals surface area (Å²) in [7, 11) is 1.86. The van der Waals surface area contributed by atoms with E-state index in [0.29, 0.717) is 10.0 Å². The van der Waals surface area contributed by atoms with Gasteiger partial charge >= 0.3 is 0 Å². The molecule has 1 atom stereocenters. The lowest BCUT2D eigenvalue weighted by Crippen LogP contribution is -2.30. The highest BCUT2D eigenvalue weighted by molar-refractivity contribution is 9.10. The maximum Gasteiger partial charge on any atom is 0.131 e. The average molecular weight is 299 g/mol. The number of imidazole rings is 1. The van der Waals surface area contributed by atoms with Gasteiger partial charge in [0, 0.05) is 23.9 Å². The van der Waals surface area contributed by atoms with Gasteiger partial charge in [-0.25, -0.2) is 14.8 Å². The second-order valence-electron chi connectivity index (χ2n) is 3.70. The van der Waals surface area contributed by atoms with Gasteiger partial charge in [0.25, 0.3) is 0 Å². The molecule has 0 radical (unpaired) electrons. The normalized spacial score (nSPS) is 12.7. The van der Waals surface area contributed by atoms with Gasteiger partial charge in [0.1, 0.15) is 17.7 Å². The van der Waals surface area contributed by atoms with Crippen LogP contribution >= 0.6 is 15.9 Å². The third kappa shape index (κ3) is 2.54. The topological polar surface area (TPSA) is 55.9 Å². The lowest BCUT2D eigenvalue weighted by molar-refractivity contribution is 0.569. The molecule has 0 amide bonds. The van der Waals surface area contributed by atoms with Crippen molar-refractivity contribution in [3.8, 4) is 0 Å². The van der Waals surface area contributed by atoms with Gasteiger partial charge in [-0.05, 0) is 23.8 Å². The molecule has 0 saturated carbocycles. The average Bonchev–Trinajstić information content (AvgIpc) is 2.65. The van der Waals surface area contributed by atoms with Crippen LogP contribution in [0.1, 0.15) is 17.4 Å². The Balaban J connectivity index is 2.45. The monoisotopic (exact) mass is 298 g/mol. The quantitative estimate of drug-likeness (QED) is 0.672. The van der Waals surface area contributed by atoms with Crippen molar-refractivity contribution in [2.75, 3.05) is 0 Å². The molecule has 0 aliphatic carbocycles. The van der Waals surface area contributed by atoms with Gasteiger partial charge < -0.3 is 4.57 Å². The summed E-state index contributed by atoms with van der Waals surface area (Å²) >= 11 is 3.26. The van der Waals surface area contributed by atoms with Crippen LogP contribution in [-0.4, -0.2) is 9.55 Å². The first-order valence-corrected chi connectivity index (χ1v) is 5.80. The summed E-state index contributed by atoms with van der Waals surface area (Å²) in [6, 6.07) is 4.30. The van der Waals surface area contributed by atoms with Crippen molar-refractivity contribution in [1.29, 1.82) is 0 Å². The van der Waals surface area contributed by atoms with Gasteiger partial charge in [0.2, 0.25) is 0 Å². The number of nitrogens with one attached hydrogen (secondary N) is 1. The zero-order valence-corrected chi connectivity index (χ0v) is 10.8. The van der Waals surface area contributed by atoms with Crippen molar-refractivity contribution in [2.24, 2.45) is 12.9 Å². The third-order valence-corrected chi connectivity index (χ3v) is 2.96. The van der Waals surface area contributed by atoms with E-state index in [1.807, 2.05) is 23.9 Å². The highest BCUT2D eigenvalue weighted by Gasteiger charge is 2.17. The van der Waals surface area contributed by atoms with Crippen LogP contribution in [-0.2, 0) is 7.05 Å². The zero-order chi connectivity index (χ0) is 12.4. The summed E-state index contributed by atoms with van der Waals surface area (Å²) in [5, 5.41) is 0. The number of hydrogen-bond acceptors (Lipinski definition) is 3. The van der Waals surface area contributed by atoms with Crippen molar-refractivity contribution in [3.05, 3.63) is 52.3 Å². The first kappa shape index (κ1) is 12.2. The van der Waals surface area contributed by atoms with Gasteiger partial charge in [-0.1, -0.05) is 15.9 Å². The van der Waals surface area contributed by atoms with Crippen LogP contribution in [0.5, 0.6) is 0 Å². The first-order chi connectivity index (χ1) is 8.11. The van der Waals surface area contributed by atoms with E-state index in [4.69, 9.17) is 5.84 Å². The Hall–Kier alpha value is -1.24. The van der Waals surface area contributed by atoms with E-state index >= 15 is 0 Å². The molecule has 0 aliphatic rings. The molecular weight excluding hydrogens is 287 g/mol. The van der Waals surface area contributed by atoms with Crippen molar-refractivity contribution >= 4 is 15.9 Å². The first-order valence-electron chi connectivity index (χ1n) is 5.01. The van der Waals surface area contributed by atoms with Crippen LogP contribution in [0.2, 0.25) is 0 Å². The molecule has 90 valence electrons. The number of hydrazine groups is 1. The molecule has 4 nitrogen and oxygen atoms in total. The fourth-order valence-electron chi connectivity index (χ4n) is 1.72. The Kier molecular flexibility index (Phi) is 3.56. The standard InChI is InChI=1S/C11H12BrFN4/c1-17-3-2-15-11(17)10(16-14)7-4-8(12)6-9(13)5-7/h2-6,10,16H,14H2,1H3. The Labute approximate surface area is 107 Å². The Morgan fingerprint density at radius 2 is 2.24 bits per heavy atom. The fourth-order valence-corrected chi connectivity index (χ4v) is 2.20. The summed E-state index contributed by atoms with van der Waals surface area (Å²) in [4.78, 5) is 4.21. The van der Waals surface area contributed by atoms with E-state index in [0.717, 1.165) is 5.82 Å². The molecule has 0 aliphatic heterocycles. The molecule has 1 heterocycles. The molecular formula is C11H12BrFN4. The van der Waals surface area contributed by atoms with Gasteiger partial charge in [0.15, 0.2) is 0 Å². The van der Waals surface area contributed by atoms with E-state index in [1.165, 1.54) is 12.1 Å². The molecule has 0 fully saturated rings. The number of halogens is 2. The maximum atomic E-state index is 13.3. The van der Waals surface area contributed by atoms with Gasteiger partial charge in [-0.3, -0.25) is 5.84 Å². The van der Waals surface area contributed by atoms with Gasteiger partial charge in [0.05, 0.1) is 0 Å². The summed E-state index contributed by atoms with van der Waals surface area (Å²) in [5.41, 5.74) is 3.36. The van der Waals surface area contributed by atoms with E-state index in [9.17, 15) is 4.39 Å². The molecule has 2 aromatic rings. The number of aryl methyl sites for hydroxylation is 1. The minimum Gasteiger partial charge on any atom is -0.336 e. The van der Waals surface area contributed by atoms with Crippen LogP contribution in [0.4, 0.5) is 4.39 Å². The Morgan fingerprint density at radius 3 is 2.76 bits per heavy atom. The predicted molar refractivity (Wildman–Crippen MR) is 66.5 cm³/mol. The lowest BCUT2D eigenvalue weighted by atomic mass is 10.1. The molecule has 1 aromatic heterocycles. The number of aromatic nitrogens is 2. The predicted octanol–water partition coefficient (Wildman–Crippen LogP) is 1.87. The molecule has 2 rings (SSSR count). The number of nitrogens with two attached hydrogens (primary N) is 1. The second-order valence-corrected chi connectivity index (χ2v) is 4.61. The van der Waals surface area contributed by atoms with E-state index in [1.54, 1.807) is 6.20 Å². The number of hydrogen-bond donors (Lipinski definition) is 2. The number of benzene rings is 1. The molecule has 1 aromatic carbocycles. The van der Waals surface area contributed by atoms with Crippen LogP contribution in [0.15, 0.2) is 35.1 Å². The fraction of sp³-hybridized carbons (Fsp3) is 0.182. The SMILES string of the molecule is Cn1ccnc1C(NN)c1cc(F)cc(Br)c1. The van der Waals surface area contributed by atoms with Crippen molar-refractivity contribution in [2.45, 2.75) is 6.04 Å². The van der Waals surface area contributed by atoms with Crippen molar-refractivity contribution in [1.82, 2.24) is 15.0 Å². The Bertz CT molecular complexity index is 506. The molecule has 3 N–H and O–H groups in total. The second kappa shape index (κ2) is 4.95. The molecule has 0 spiro atoms. The lowest BCUT2D eigenvalue weighted by Gasteiger charge is -2.16. The summed E-state index contributed by atoms with van der Waals surface area (Å²) in [6.07, 6.45) is 3.49. The van der Waals surface area contributed by atoms with Crippen molar-refractivity contribution < 1.29 is 4.39 Å². The molecule has 6 heteroatoms. The maximum absolute atomic E-state index is 13.3. The summed E-state index contributed by atoms with van der Waals surface area (Å²) in [5.74, 6) is 5.93. The van der Waals surface area contributed by atoms with E-state index in [2.05, 4.69) is 26.3 Å².